The fourth-order valence-corrected chi connectivity index (χ4v) is 3.51. The van der Waals surface area contributed by atoms with Gasteiger partial charge in [-0.25, -0.2) is 0 Å². The first-order chi connectivity index (χ1) is 10.2. The van der Waals surface area contributed by atoms with Gasteiger partial charge in [-0.05, 0) is 68.5 Å². The summed E-state index contributed by atoms with van der Waals surface area (Å²) in [5.41, 5.74) is 1.75. The van der Waals surface area contributed by atoms with Crippen LogP contribution in [0.2, 0.25) is 0 Å². The molecule has 0 bridgehead atoms. The smallest absolute Gasteiger partial charge is 0.253 e. The maximum atomic E-state index is 12.5. The molecule has 2 fully saturated rings. The molecule has 3 rings (SSSR count). The van der Waals surface area contributed by atoms with Gasteiger partial charge in [-0.15, -0.1) is 0 Å². The molecular weight excluding hydrogens is 262 g/mol. The lowest BCUT2D eigenvalue weighted by atomic mass is 9.71. The third-order valence-electron chi connectivity index (χ3n) is 5.04. The zero-order chi connectivity index (χ0) is 14.7. The molecule has 4 nitrogen and oxygen atoms in total. The third kappa shape index (κ3) is 2.93. The fraction of sp³-hybridized carbons (Fsp3) is 0.529. The summed E-state index contributed by atoms with van der Waals surface area (Å²) in [6, 6.07) is 9.03. The van der Waals surface area contributed by atoms with E-state index in [1.807, 2.05) is 4.90 Å². The average molecular weight is 283 g/mol. The van der Waals surface area contributed by atoms with Gasteiger partial charge in [0.15, 0.2) is 0 Å². The summed E-state index contributed by atoms with van der Waals surface area (Å²) in [6.45, 7) is 3.95. The number of nitrogens with zero attached hydrogens (tertiary/aromatic N) is 2. The van der Waals surface area contributed by atoms with E-state index in [1.165, 1.54) is 12.8 Å². The zero-order valence-electron chi connectivity index (χ0n) is 12.3. The van der Waals surface area contributed by atoms with Crippen LogP contribution in [-0.4, -0.2) is 37.0 Å². The van der Waals surface area contributed by atoms with E-state index in [1.54, 1.807) is 24.3 Å². The van der Waals surface area contributed by atoms with Gasteiger partial charge >= 0.3 is 0 Å². The molecule has 0 atom stereocenters. The molecule has 2 aliphatic heterocycles. The van der Waals surface area contributed by atoms with Gasteiger partial charge < -0.3 is 10.2 Å². The lowest BCUT2D eigenvalue weighted by Gasteiger charge is -2.44. The molecule has 21 heavy (non-hydrogen) atoms. The Kier molecular flexibility index (Phi) is 3.94. The van der Waals surface area contributed by atoms with E-state index >= 15 is 0 Å². The fourth-order valence-electron chi connectivity index (χ4n) is 3.51. The molecule has 0 unspecified atom stereocenters. The lowest BCUT2D eigenvalue weighted by molar-refractivity contribution is 0.0496. The molecule has 0 radical (unpaired) electrons. The van der Waals surface area contributed by atoms with Crippen LogP contribution in [0.4, 0.5) is 0 Å². The van der Waals surface area contributed by atoms with Crippen molar-refractivity contribution in [1.29, 1.82) is 5.26 Å². The van der Waals surface area contributed by atoms with E-state index < -0.39 is 0 Å². The summed E-state index contributed by atoms with van der Waals surface area (Å²) >= 11 is 0. The average Bonchev–Trinajstić information content (AvgIpc) is 2.56. The second-order valence-electron chi connectivity index (χ2n) is 6.23. The highest BCUT2D eigenvalue weighted by atomic mass is 16.2. The van der Waals surface area contributed by atoms with Gasteiger partial charge in [0.2, 0.25) is 0 Å². The van der Waals surface area contributed by atoms with E-state index in [2.05, 4.69) is 11.4 Å². The van der Waals surface area contributed by atoms with Crippen LogP contribution in [0.25, 0.3) is 0 Å². The molecule has 110 valence electrons. The van der Waals surface area contributed by atoms with Crippen LogP contribution in [0.15, 0.2) is 24.3 Å². The minimum absolute atomic E-state index is 0.100. The van der Waals surface area contributed by atoms with Crippen LogP contribution in [0, 0.1) is 16.7 Å². The molecule has 1 aromatic rings. The maximum absolute atomic E-state index is 12.5. The van der Waals surface area contributed by atoms with Gasteiger partial charge in [-0.1, -0.05) is 0 Å². The Labute approximate surface area is 125 Å². The molecular formula is C17H21N3O. The molecule has 0 aliphatic carbocycles. The number of nitriles is 1. The summed E-state index contributed by atoms with van der Waals surface area (Å²) in [7, 11) is 0. The molecule has 1 amide bonds. The lowest BCUT2D eigenvalue weighted by Crippen LogP contribution is -2.47. The third-order valence-corrected chi connectivity index (χ3v) is 5.04. The number of nitrogens with one attached hydrogen (secondary N) is 1. The van der Waals surface area contributed by atoms with Crippen molar-refractivity contribution in [2.75, 3.05) is 26.2 Å². The highest BCUT2D eigenvalue weighted by molar-refractivity contribution is 5.94. The first kappa shape index (κ1) is 14.1. The zero-order valence-corrected chi connectivity index (χ0v) is 12.3. The standard InChI is InChI=1S/C17H21N3O/c18-13-14-1-3-15(4-2-14)16(21)20-11-7-17(8-12-20)5-9-19-10-6-17/h1-4,19H,5-12H2. The number of hydrogen-bond donors (Lipinski definition) is 1. The highest BCUT2D eigenvalue weighted by Gasteiger charge is 2.36. The molecule has 1 N–H and O–H groups in total. The molecule has 2 saturated heterocycles. The van der Waals surface area contributed by atoms with Crippen molar-refractivity contribution in [2.24, 2.45) is 5.41 Å². The summed E-state index contributed by atoms with van der Waals surface area (Å²) in [4.78, 5) is 14.5. The molecule has 1 spiro atoms. The number of benzene rings is 1. The minimum atomic E-state index is 0.100. The van der Waals surface area contributed by atoms with Crippen molar-refractivity contribution >= 4 is 5.91 Å². The number of piperidine rings is 2. The van der Waals surface area contributed by atoms with Crippen molar-refractivity contribution in [3.05, 3.63) is 35.4 Å². The molecule has 4 heteroatoms. The highest BCUT2D eigenvalue weighted by Crippen LogP contribution is 2.39. The van der Waals surface area contributed by atoms with Gasteiger partial charge in [0.25, 0.3) is 5.91 Å². The van der Waals surface area contributed by atoms with Gasteiger partial charge in [-0.2, -0.15) is 5.26 Å². The van der Waals surface area contributed by atoms with Crippen LogP contribution >= 0.6 is 0 Å². The van der Waals surface area contributed by atoms with Crippen molar-refractivity contribution in [2.45, 2.75) is 25.7 Å². The number of likely N-dealkylation sites (tertiary alicyclic amines) is 1. The largest absolute Gasteiger partial charge is 0.339 e. The molecule has 2 heterocycles. The van der Waals surface area contributed by atoms with Gasteiger partial charge in [-0.3, -0.25) is 4.79 Å². The van der Waals surface area contributed by atoms with Crippen LogP contribution in [0.5, 0.6) is 0 Å². The SMILES string of the molecule is N#Cc1ccc(C(=O)N2CCC3(CCNCC3)CC2)cc1. The number of rotatable bonds is 1. The van der Waals surface area contributed by atoms with Crippen LogP contribution in [-0.2, 0) is 0 Å². The van der Waals surface area contributed by atoms with Crippen molar-refractivity contribution in [1.82, 2.24) is 10.2 Å². The summed E-state index contributed by atoms with van der Waals surface area (Å²) in [5, 5.41) is 12.2. The van der Waals surface area contributed by atoms with Crippen LogP contribution in [0.3, 0.4) is 0 Å². The minimum Gasteiger partial charge on any atom is -0.339 e. The molecule has 0 saturated carbocycles. The van der Waals surface area contributed by atoms with Crippen molar-refractivity contribution in [3.63, 3.8) is 0 Å². The van der Waals surface area contributed by atoms with E-state index in [0.29, 0.717) is 16.5 Å². The Bertz CT molecular complexity index is 542. The van der Waals surface area contributed by atoms with E-state index in [4.69, 9.17) is 5.26 Å². The summed E-state index contributed by atoms with van der Waals surface area (Å²) in [6.07, 6.45) is 4.73. The maximum Gasteiger partial charge on any atom is 0.253 e. The second kappa shape index (κ2) is 5.87. The predicted octanol–water partition coefficient (Wildman–Crippen LogP) is 2.16. The molecule has 0 aromatic heterocycles. The molecule has 2 aliphatic rings. The van der Waals surface area contributed by atoms with Gasteiger partial charge in [0.05, 0.1) is 11.6 Å². The Morgan fingerprint density at radius 2 is 1.71 bits per heavy atom. The number of carbonyl (C=O) groups excluding carboxylic acids is 1. The Morgan fingerprint density at radius 1 is 1.10 bits per heavy atom. The van der Waals surface area contributed by atoms with Crippen LogP contribution < -0.4 is 5.32 Å². The number of carbonyl (C=O) groups is 1. The van der Waals surface area contributed by atoms with Crippen molar-refractivity contribution < 1.29 is 4.79 Å². The van der Waals surface area contributed by atoms with Crippen molar-refractivity contribution in [3.8, 4) is 6.07 Å². The van der Waals surface area contributed by atoms with Gasteiger partial charge in [0.1, 0.15) is 0 Å². The molecule has 1 aromatic carbocycles. The predicted molar refractivity (Wildman–Crippen MR) is 80.8 cm³/mol. The first-order valence-corrected chi connectivity index (χ1v) is 7.73. The Hall–Kier alpha value is -1.86. The Morgan fingerprint density at radius 3 is 2.29 bits per heavy atom. The topological polar surface area (TPSA) is 56.1 Å². The second-order valence-corrected chi connectivity index (χ2v) is 6.23. The quantitative estimate of drug-likeness (QED) is 0.859. The van der Waals surface area contributed by atoms with E-state index in [-0.39, 0.29) is 5.91 Å². The number of amides is 1. The Balaban J connectivity index is 1.63. The monoisotopic (exact) mass is 283 g/mol. The normalized spacial score (nSPS) is 21.0. The van der Waals surface area contributed by atoms with Crippen LogP contribution in [0.1, 0.15) is 41.6 Å². The van der Waals surface area contributed by atoms with E-state index in [0.717, 1.165) is 39.0 Å². The summed E-state index contributed by atoms with van der Waals surface area (Å²) < 4.78 is 0. The first-order valence-electron chi connectivity index (χ1n) is 7.73. The van der Waals surface area contributed by atoms with E-state index in [9.17, 15) is 4.79 Å². The van der Waals surface area contributed by atoms with Gasteiger partial charge in [0, 0.05) is 18.7 Å². The summed E-state index contributed by atoms with van der Waals surface area (Å²) in [5.74, 6) is 0.100. The number of hydrogen-bond acceptors (Lipinski definition) is 3.